The fourth-order valence-corrected chi connectivity index (χ4v) is 7.11. The van der Waals surface area contributed by atoms with Gasteiger partial charge in [0.25, 0.3) is 0 Å². The zero-order valence-electron chi connectivity index (χ0n) is 28.4. The van der Waals surface area contributed by atoms with E-state index in [1.165, 1.54) is 11.1 Å². The van der Waals surface area contributed by atoms with Gasteiger partial charge in [0.2, 0.25) is 0 Å². The fraction of sp³-hybridized carbons (Fsp3) is 0.128. The minimum absolute atomic E-state index is 0.484. The van der Waals surface area contributed by atoms with Crippen LogP contribution in [0.5, 0.6) is 11.5 Å². The molecule has 50 heavy (non-hydrogen) atoms. The SMILES string of the molecule is CCCc1ccc(-c2ccc3cc4ccccc4cc3c2OC(=O)Oc2c(-c3ccc(CCC)cc3)ccc3cc4ccccc4cc23)cc1. The second-order valence-corrected chi connectivity index (χ2v) is 13.1. The highest BCUT2D eigenvalue weighted by atomic mass is 16.7. The number of carbonyl (C=O) groups excluding carboxylic acids is 1. The summed E-state index contributed by atoms with van der Waals surface area (Å²) >= 11 is 0. The van der Waals surface area contributed by atoms with Crippen LogP contribution in [0.15, 0.2) is 146 Å². The molecule has 3 heteroatoms. The lowest BCUT2D eigenvalue weighted by Gasteiger charge is -2.17. The van der Waals surface area contributed by atoms with Crippen molar-refractivity contribution in [2.75, 3.05) is 0 Å². The first-order valence-corrected chi connectivity index (χ1v) is 17.6. The molecule has 8 aromatic carbocycles. The molecular formula is C47H38O3. The van der Waals surface area contributed by atoms with Crippen LogP contribution in [0.1, 0.15) is 37.8 Å². The van der Waals surface area contributed by atoms with Crippen LogP contribution in [0, 0.1) is 0 Å². The van der Waals surface area contributed by atoms with E-state index in [1.54, 1.807) is 0 Å². The summed E-state index contributed by atoms with van der Waals surface area (Å²) in [6.45, 7) is 4.37. The average molecular weight is 651 g/mol. The lowest BCUT2D eigenvalue weighted by Crippen LogP contribution is -2.15. The van der Waals surface area contributed by atoms with E-state index in [0.717, 1.165) is 91.0 Å². The predicted molar refractivity (Wildman–Crippen MR) is 208 cm³/mol. The van der Waals surface area contributed by atoms with Crippen molar-refractivity contribution in [1.29, 1.82) is 0 Å². The van der Waals surface area contributed by atoms with Crippen molar-refractivity contribution in [1.82, 2.24) is 0 Å². The number of rotatable bonds is 8. The average Bonchev–Trinajstić information content (AvgIpc) is 3.15. The first-order chi connectivity index (χ1) is 24.6. The third-order valence-electron chi connectivity index (χ3n) is 9.65. The molecule has 0 saturated carbocycles. The molecule has 3 nitrogen and oxygen atoms in total. The summed E-state index contributed by atoms with van der Waals surface area (Å²) in [4.78, 5) is 14.2. The third-order valence-corrected chi connectivity index (χ3v) is 9.65. The normalized spacial score (nSPS) is 11.4. The Labute approximate surface area is 292 Å². The van der Waals surface area contributed by atoms with Gasteiger partial charge in [-0.25, -0.2) is 4.79 Å². The Hall–Kier alpha value is -5.93. The number of carbonyl (C=O) groups is 1. The molecule has 0 bridgehead atoms. The summed E-state index contributed by atoms with van der Waals surface area (Å²) < 4.78 is 12.7. The number of ether oxygens (including phenoxy) is 2. The van der Waals surface area contributed by atoms with E-state index in [1.807, 2.05) is 36.4 Å². The topological polar surface area (TPSA) is 35.5 Å². The number of benzene rings is 8. The van der Waals surface area contributed by atoms with Crippen LogP contribution in [0.3, 0.4) is 0 Å². The lowest BCUT2D eigenvalue weighted by molar-refractivity contribution is 0.153. The molecule has 8 rings (SSSR count). The molecular weight excluding hydrogens is 613 g/mol. The van der Waals surface area contributed by atoms with Gasteiger partial charge < -0.3 is 9.47 Å². The van der Waals surface area contributed by atoms with Gasteiger partial charge >= 0.3 is 6.16 Å². The van der Waals surface area contributed by atoms with Crippen LogP contribution < -0.4 is 9.47 Å². The van der Waals surface area contributed by atoms with E-state index in [4.69, 9.17) is 9.47 Å². The second kappa shape index (κ2) is 13.5. The predicted octanol–water partition coefficient (Wildman–Crippen LogP) is 13.1. The molecule has 0 amide bonds. The van der Waals surface area contributed by atoms with Crippen molar-refractivity contribution in [2.45, 2.75) is 39.5 Å². The summed E-state index contributed by atoms with van der Waals surface area (Å²) in [5, 5.41) is 8.08. The minimum Gasteiger partial charge on any atom is -0.393 e. The van der Waals surface area contributed by atoms with Crippen LogP contribution in [0.25, 0.3) is 65.3 Å². The summed E-state index contributed by atoms with van der Waals surface area (Å²) in [7, 11) is 0. The zero-order valence-corrected chi connectivity index (χ0v) is 28.4. The van der Waals surface area contributed by atoms with Crippen molar-refractivity contribution >= 4 is 49.2 Å². The highest BCUT2D eigenvalue weighted by Gasteiger charge is 2.21. The smallest absolute Gasteiger partial charge is 0.393 e. The number of hydrogen-bond acceptors (Lipinski definition) is 3. The molecule has 8 aromatic rings. The Morgan fingerprint density at radius 3 is 1.20 bits per heavy atom. The highest BCUT2D eigenvalue weighted by Crippen LogP contribution is 2.42. The monoisotopic (exact) mass is 650 g/mol. The molecule has 0 saturated heterocycles. The summed E-state index contributed by atoms with van der Waals surface area (Å²) in [6.07, 6.45) is 3.42. The van der Waals surface area contributed by atoms with E-state index < -0.39 is 6.16 Å². The molecule has 0 aliphatic heterocycles. The summed E-state index contributed by atoms with van der Waals surface area (Å²) in [5.74, 6) is 0.968. The molecule has 0 aliphatic carbocycles. The van der Waals surface area contributed by atoms with Crippen molar-refractivity contribution in [3.05, 3.63) is 157 Å². The first kappa shape index (κ1) is 31.3. The van der Waals surface area contributed by atoms with Crippen molar-refractivity contribution in [3.8, 4) is 33.8 Å². The number of hydrogen-bond donors (Lipinski definition) is 0. The molecule has 0 N–H and O–H groups in total. The number of fused-ring (bicyclic) bond motifs is 4. The maximum Gasteiger partial charge on any atom is 0.519 e. The summed E-state index contributed by atoms with van der Waals surface area (Å²) in [5.41, 5.74) is 6.19. The quantitative estimate of drug-likeness (QED) is 0.0932. The highest BCUT2D eigenvalue weighted by molar-refractivity contribution is 6.06. The molecule has 0 fully saturated rings. The van der Waals surface area contributed by atoms with Crippen molar-refractivity contribution in [2.24, 2.45) is 0 Å². The Morgan fingerprint density at radius 1 is 0.440 bits per heavy atom. The lowest BCUT2D eigenvalue weighted by atomic mass is 9.96. The first-order valence-electron chi connectivity index (χ1n) is 17.6. The molecule has 0 aliphatic rings. The molecule has 0 spiro atoms. The van der Waals surface area contributed by atoms with Crippen LogP contribution in [0.4, 0.5) is 4.79 Å². The van der Waals surface area contributed by atoms with E-state index in [0.29, 0.717) is 11.5 Å². The molecule has 0 unspecified atom stereocenters. The molecule has 0 aromatic heterocycles. The van der Waals surface area contributed by atoms with Gasteiger partial charge in [-0.3, -0.25) is 0 Å². The van der Waals surface area contributed by atoms with E-state index in [-0.39, 0.29) is 0 Å². The van der Waals surface area contributed by atoms with E-state index >= 15 is 0 Å². The number of aryl methyl sites for hydroxylation is 2. The van der Waals surface area contributed by atoms with Gasteiger partial charge in [0.05, 0.1) is 0 Å². The molecule has 0 atom stereocenters. The molecule has 0 heterocycles. The van der Waals surface area contributed by atoms with Gasteiger partial charge in [-0.1, -0.05) is 136 Å². The van der Waals surface area contributed by atoms with Gasteiger partial charge in [0.1, 0.15) is 11.5 Å². The van der Waals surface area contributed by atoms with E-state index in [9.17, 15) is 4.79 Å². The van der Waals surface area contributed by atoms with Gasteiger partial charge in [0, 0.05) is 21.9 Å². The Bertz CT molecular complexity index is 2330. The van der Waals surface area contributed by atoms with Gasteiger partial charge in [-0.15, -0.1) is 0 Å². The van der Waals surface area contributed by atoms with Gasteiger partial charge in [0.15, 0.2) is 0 Å². The Balaban J connectivity index is 1.26. The summed E-state index contributed by atoms with van der Waals surface area (Å²) in [6, 6.07) is 50.4. The largest absolute Gasteiger partial charge is 0.519 e. The van der Waals surface area contributed by atoms with Gasteiger partial charge in [-0.05, 0) is 104 Å². The van der Waals surface area contributed by atoms with Crippen molar-refractivity contribution in [3.63, 3.8) is 0 Å². The van der Waals surface area contributed by atoms with Crippen LogP contribution in [0.2, 0.25) is 0 Å². The minimum atomic E-state index is -0.779. The third kappa shape index (κ3) is 6.08. The molecule has 244 valence electrons. The Morgan fingerprint density at radius 2 is 0.820 bits per heavy atom. The van der Waals surface area contributed by atoms with Crippen LogP contribution in [-0.4, -0.2) is 6.16 Å². The second-order valence-electron chi connectivity index (χ2n) is 13.1. The standard InChI is InChI=1S/C47H38O3/c1-3-9-31-15-19-33(20-16-31)41-25-23-39-27-35-11-5-7-13-37(35)29-43(39)45(41)49-47(48)50-46-42(34-21-17-32(10-4-2)18-22-34)26-24-40-28-36-12-6-8-14-38(36)30-44(40)46/h5-8,11-30H,3-4,9-10H2,1-2H3. The maximum absolute atomic E-state index is 14.2. The van der Waals surface area contributed by atoms with Gasteiger partial charge in [-0.2, -0.15) is 0 Å². The zero-order chi connectivity index (χ0) is 34.0. The Kier molecular flexibility index (Phi) is 8.48. The van der Waals surface area contributed by atoms with Crippen LogP contribution in [-0.2, 0) is 12.8 Å². The van der Waals surface area contributed by atoms with E-state index in [2.05, 4.69) is 123 Å². The molecule has 0 radical (unpaired) electrons. The van der Waals surface area contributed by atoms with Crippen LogP contribution >= 0.6 is 0 Å². The fourth-order valence-electron chi connectivity index (χ4n) is 7.11. The maximum atomic E-state index is 14.2. The van der Waals surface area contributed by atoms with Crippen molar-refractivity contribution < 1.29 is 14.3 Å².